The molecular weight excluding hydrogens is 590 g/mol. The molecule has 12 nitrogen and oxygen atoms in total. The molecule has 0 aromatic heterocycles. The maximum Gasteiger partial charge on any atom is 0.329 e. The summed E-state index contributed by atoms with van der Waals surface area (Å²) in [6.45, 7) is 26.0. The van der Waals surface area contributed by atoms with Crippen LogP contribution in [-0.4, -0.2) is 83.3 Å². The summed E-state index contributed by atoms with van der Waals surface area (Å²) < 4.78 is 5.49. The molecule has 2 rings (SSSR count). The molecule has 46 heavy (non-hydrogen) atoms. The standard InChI is InChI=1S/C34H57N5O7/c1-14-15-35-28(42)25(40)21(16-18(2)3)36-27(41)24-22-20(34(22,12)13)17-39(24)29(43)26(32(6,7)8)38-31(45)37-23(19(4)5)30(44)46-33(9,10)11/h14,18-24,26H,1,15-17H2,2-13H3,(H,35,42)(H,36,41)(H2,37,38,45)/t20-,21?,22-,23-,24-,26+/m0/s1. The SMILES string of the molecule is C=CCNC(=O)C(=O)C(CC(C)C)NC(=O)[C@@H]1[C@@H]2[C@H](CN1C(=O)[C@@H](NC(=O)N[C@H](C(=O)OC(C)(C)C)C(C)C)C(C)(C)C)C2(C)C. The van der Waals surface area contributed by atoms with Crippen molar-refractivity contribution in [2.45, 2.75) is 119 Å². The largest absolute Gasteiger partial charge is 0.458 e. The average Bonchev–Trinajstić information content (AvgIpc) is 3.22. The molecule has 0 bridgehead atoms. The number of Topliss-reactive ketones (excluding diaryl/α,β-unsaturated/α-hetero) is 1. The first-order valence-corrected chi connectivity index (χ1v) is 16.3. The first-order valence-electron chi connectivity index (χ1n) is 16.3. The van der Waals surface area contributed by atoms with Crippen molar-refractivity contribution in [2.75, 3.05) is 13.1 Å². The molecule has 260 valence electrons. The number of piperidine rings is 1. The number of hydrogen-bond donors (Lipinski definition) is 4. The van der Waals surface area contributed by atoms with E-state index < -0.39 is 70.7 Å². The third-order valence-electron chi connectivity index (χ3n) is 8.73. The lowest BCUT2D eigenvalue weighted by Crippen LogP contribution is -2.62. The van der Waals surface area contributed by atoms with Crippen molar-refractivity contribution in [2.24, 2.45) is 34.5 Å². The summed E-state index contributed by atoms with van der Waals surface area (Å²) in [5.74, 6) is -3.52. The Morgan fingerprint density at radius 2 is 1.54 bits per heavy atom. The molecule has 0 aromatic carbocycles. The number of esters is 1. The molecule has 2 aliphatic rings. The van der Waals surface area contributed by atoms with Crippen LogP contribution < -0.4 is 21.3 Å². The summed E-state index contributed by atoms with van der Waals surface area (Å²) in [5, 5.41) is 10.7. The van der Waals surface area contributed by atoms with Gasteiger partial charge in [0.05, 0.1) is 6.04 Å². The Hall–Kier alpha value is -3.44. The lowest BCUT2D eigenvalue weighted by atomic mass is 9.85. The van der Waals surface area contributed by atoms with Gasteiger partial charge in [0.25, 0.3) is 5.91 Å². The molecule has 5 amide bonds. The highest BCUT2D eigenvalue weighted by Gasteiger charge is 2.70. The van der Waals surface area contributed by atoms with Gasteiger partial charge in [-0.15, -0.1) is 6.58 Å². The summed E-state index contributed by atoms with van der Waals surface area (Å²) in [6, 6.07) is -4.68. The molecule has 0 spiro atoms. The zero-order chi connectivity index (χ0) is 35.5. The van der Waals surface area contributed by atoms with Gasteiger partial charge in [0, 0.05) is 13.1 Å². The molecule has 0 radical (unpaired) electrons. The van der Waals surface area contributed by atoms with Crippen LogP contribution in [0.1, 0.15) is 89.5 Å². The second-order valence-corrected chi connectivity index (χ2v) is 16.1. The van der Waals surface area contributed by atoms with Crippen molar-refractivity contribution in [3.8, 4) is 0 Å². The normalized spacial score (nSPS) is 22.2. The molecule has 1 aliphatic carbocycles. The number of ketones is 1. The van der Waals surface area contributed by atoms with Gasteiger partial charge in [-0.2, -0.15) is 0 Å². The maximum absolute atomic E-state index is 14.3. The lowest BCUT2D eigenvalue weighted by molar-refractivity contribution is -0.158. The Balaban J connectivity index is 2.33. The minimum absolute atomic E-state index is 0.00351. The summed E-state index contributed by atoms with van der Waals surface area (Å²) in [4.78, 5) is 81.4. The van der Waals surface area contributed by atoms with Gasteiger partial charge in [0.15, 0.2) is 0 Å². The summed E-state index contributed by atoms with van der Waals surface area (Å²) in [6.07, 6.45) is 1.70. The van der Waals surface area contributed by atoms with Gasteiger partial charge >= 0.3 is 12.0 Å². The molecule has 1 heterocycles. The van der Waals surface area contributed by atoms with E-state index in [-0.39, 0.29) is 42.1 Å². The van der Waals surface area contributed by atoms with E-state index in [0.717, 1.165) is 0 Å². The van der Waals surface area contributed by atoms with Crippen LogP contribution in [0.3, 0.4) is 0 Å². The number of carbonyl (C=O) groups excluding carboxylic acids is 6. The van der Waals surface area contributed by atoms with Crippen LogP contribution in [0, 0.1) is 34.5 Å². The maximum atomic E-state index is 14.3. The van der Waals surface area contributed by atoms with Gasteiger partial charge in [0.2, 0.25) is 17.6 Å². The Morgan fingerprint density at radius 3 is 2.02 bits per heavy atom. The van der Waals surface area contributed by atoms with E-state index in [4.69, 9.17) is 4.74 Å². The van der Waals surface area contributed by atoms with E-state index in [1.165, 1.54) is 11.0 Å². The van der Waals surface area contributed by atoms with Gasteiger partial charge < -0.3 is 30.9 Å². The van der Waals surface area contributed by atoms with Crippen molar-refractivity contribution in [3.05, 3.63) is 12.7 Å². The molecule has 4 N–H and O–H groups in total. The Morgan fingerprint density at radius 1 is 0.957 bits per heavy atom. The number of hydrogen-bond acceptors (Lipinski definition) is 7. The number of amides is 5. The number of likely N-dealkylation sites (tertiary alicyclic amines) is 1. The van der Waals surface area contributed by atoms with Crippen molar-refractivity contribution in [1.82, 2.24) is 26.2 Å². The van der Waals surface area contributed by atoms with Gasteiger partial charge in [-0.1, -0.05) is 68.4 Å². The predicted molar refractivity (Wildman–Crippen MR) is 175 cm³/mol. The number of nitrogens with zero attached hydrogens (tertiary/aromatic N) is 1. The number of fused-ring (bicyclic) bond motifs is 1. The molecule has 1 saturated heterocycles. The Labute approximate surface area is 274 Å². The molecule has 1 aliphatic heterocycles. The highest BCUT2D eigenvalue weighted by Crippen LogP contribution is 2.65. The van der Waals surface area contributed by atoms with Gasteiger partial charge in [-0.25, -0.2) is 9.59 Å². The highest BCUT2D eigenvalue weighted by atomic mass is 16.6. The second kappa shape index (κ2) is 14.5. The zero-order valence-corrected chi connectivity index (χ0v) is 29.8. The van der Waals surface area contributed by atoms with Crippen molar-refractivity contribution < 1.29 is 33.5 Å². The van der Waals surface area contributed by atoms with Crippen LogP contribution >= 0.6 is 0 Å². The van der Waals surface area contributed by atoms with Crippen molar-refractivity contribution in [1.29, 1.82) is 0 Å². The van der Waals surface area contributed by atoms with E-state index in [2.05, 4.69) is 27.8 Å². The first kappa shape index (κ1) is 38.7. The number of nitrogens with one attached hydrogen (secondary N) is 4. The molecular formula is C34H57N5O7. The summed E-state index contributed by atoms with van der Waals surface area (Å²) in [5.41, 5.74) is -1.73. The van der Waals surface area contributed by atoms with E-state index in [0.29, 0.717) is 6.54 Å². The van der Waals surface area contributed by atoms with Crippen LogP contribution in [0.25, 0.3) is 0 Å². The smallest absolute Gasteiger partial charge is 0.329 e. The fourth-order valence-electron chi connectivity index (χ4n) is 6.17. The number of carbonyl (C=O) groups is 6. The van der Waals surface area contributed by atoms with Gasteiger partial charge in [-0.3, -0.25) is 19.2 Å². The second-order valence-electron chi connectivity index (χ2n) is 16.1. The predicted octanol–water partition coefficient (Wildman–Crippen LogP) is 2.95. The number of rotatable bonds is 13. The van der Waals surface area contributed by atoms with Crippen molar-refractivity contribution >= 4 is 35.5 Å². The van der Waals surface area contributed by atoms with Gasteiger partial charge in [0.1, 0.15) is 23.7 Å². The van der Waals surface area contributed by atoms with E-state index in [1.54, 1.807) is 55.4 Å². The van der Waals surface area contributed by atoms with E-state index >= 15 is 0 Å². The topological polar surface area (TPSA) is 163 Å². The third kappa shape index (κ3) is 9.54. The van der Waals surface area contributed by atoms with E-state index in [9.17, 15) is 28.8 Å². The molecule has 2 fully saturated rings. The summed E-state index contributed by atoms with van der Waals surface area (Å²) in [7, 11) is 0. The Kier molecular flexibility index (Phi) is 12.3. The van der Waals surface area contributed by atoms with Crippen LogP contribution in [0.15, 0.2) is 12.7 Å². The van der Waals surface area contributed by atoms with Crippen molar-refractivity contribution in [3.63, 3.8) is 0 Å². The number of ether oxygens (including phenoxy) is 1. The first-order chi connectivity index (χ1) is 20.9. The fourth-order valence-corrected chi connectivity index (χ4v) is 6.17. The molecule has 6 atom stereocenters. The molecule has 0 aromatic rings. The van der Waals surface area contributed by atoms with E-state index in [1.807, 2.05) is 27.7 Å². The molecule has 12 heteroatoms. The van der Waals surface area contributed by atoms with Crippen LogP contribution in [0.5, 0.6) is 0 Å². The van der Waals surface area contributed by atoms with Crippen LogP contribution in [0.2, 0.25) is 0 Å². The minimum Gasteiger partial charge on any atom is -0.458 e. The lowest BCUT2D eigenvalue weighted by Gasteiger charge is -2.38. The zero-order valence-electron chi connectivity index (χ0n) is 29.8. The monoisotopic (exact) mass is 647 g/mol. The minimum atomic E-state index is -1.07. The number of urea groups is 1. The fraction of sp³-hybridized carbons (Fsp3) is 0.765. The quantitative estimate of drug-likeness (QED) is 0.136. The van der Waals surface area contributed by atoms with Crippen LogP contribution in [-0.2, 0) is 28.7 Å². The third-order valence-corrected chi connectivity index (χ3v) is 8.73. The van der Waals surface area contributed by atoms with Crippen LogP contribution in [0.4, 0.5) is 4.79 Å². The molecule has 1 saturated carbocycles. The summed E-state index contributed by atoms with van der Waals surface area (Å²) >= 11 is 0. The highest BCUT2D eigenvalue weighted by molar-refractivity contribution is 6.38. The van der Waals surface area contributed by atoms with Gasteiger partial charge in [-0.05, 0) is 61.7 Å². The molecule has 1 unspecified atom stereocenters. The average molecular weight is 648 g/mol. The Bertz CT molecular complexity index is 1200.